The number of rotatable bonds is 3. The Balaban J connectivity index is 3.31. The predicted octanol–water partition coefficient (Wildman–Crippen LogP) is 1.10. The lowest BCUT2D eigenvalue weighted by Crippen LogP contribution is -2.04. The van der Waals surface area contributed by atoms with Gasteiger partial charge in [-0.15, -0.1) is 0 Å². The standard InChI is InChI=1S/C8H10F2N2O2/c1-14-7-4(3-13)2-5(11)12-6(7)8(9)10/h2,8,13H,3H2,1H3,(H2,11,12). The van der Waals surface area contributed by atoms with E-state index in [1.54, 1.807) is 0 Å². The van der Waals surface area contributed by atoms with Crippen LogP contribution in [0.1, 0.15) is 17.7 Å². The zero-order chi connectivity index (χ0) is 10.7. The number of anilines is 1. The summed E-state index contributed by atoms with van der Waals surface area (Å²) in [4.78, 5) is 3.44. The van der Waals surface area contributed by atoms with Crippen LogP contribution in [0.5, 0.6) is 5.75 Å². The maximum absolute atomic E-state index is 12.4. The molecule has 14 heavy (non-hydrogen) atoms. The molecule has 1 rings (SSSR count). The summed E-state index contributed by atoms with van der Waals surface area (Å²) in [5.74, 6) is -0.179. The van der Waals surface area contributed by atoms with E-state index in [2.05, 4.69) is 4.98 Å². The fourth-order valence-electron chi connectivity index (χ4n) is 1.13. The van der Waals surface area contributed by atoms with Crippen molar-refractivity contribution in [3.63, 3.8) is 0 Å². The van der Waals surface area contributed by atoms with Gasteiger partial charge in [-0.1, -0.05) is 0 Å². The molecule has 1 heterocycles. The maximum Gasteiger partial charge on any atom is 0.284 e. The van der Waals surface area contributed by atoms with E-state index in [1.165, 1.54) is 13.2 Å². The minimum Gasteiger partial charge on any atom is -0.494 e. The first-order chi connectivity index (χ1) is 6.60. The van der Waals surface area contributed by atoms with Gasteiger partial charge in [0, 0.05) is 5.56 Å². The molecule has 0 radical (unpaired) electrons. The van der Waals surface area contributed by atoms with Gasteiger partial charge in [0.15, 0.2) is 11.4 Å². The summed E-state index contributed by atoms with van der Waals surface area (Å²) in [6.45, 7) is -0.421. The number of nitrogens with zero attached hydrogens (tertiary/aromatic N) is 1. The Hall–Kier alpha value is -1.43. The van der Waals surface area contributed by atoms with Gasteiger partial charge >= 0.3 is 0 Å². The van der Waals surface area contributed by atoms with Crippen LogP contribution in [0.2, 0.25) is 0 Å². The van der Waals surface area contributed by atoms with Crippen LogP contribution in [0.15, 0.2) is 6.07 Å². The lowest BCUT2D eigenvalue weighted by atomic mass is 10.2. The summed E-state index contributed by atoms with van der Waals surface area (Å²) in [6, 6.07) is 1.30. The van der Waals surface area contributed by atoms with Gasteiger partial charge in [0.05, 0.1) is 13.7 Å². The molecule has 0 fully saturated rings. The van der Waals surface area contributed by atoms with Crippen molar-refractivity contribution in [2.75, 3.05) is 12.8 Å². The van der Waals surface area contributed by atoms with E-state index in [1.807, 2.05) is 0 Å². The number of hydrogen-bond donors (Lipinski definition) is 2. The molecule has 6 heteroatoms. The topological polar surface area (TPSA) is 68.4 Å². The van der Waals surface area contributed by atoms with Crippen molar-refractivity contribution in [2.45, 2.75) is 13.0 Å². The minimum atomic E-state index is -2.78. The molecule has 0 saturated carbocycles. The van der Waals surface area contributed by atoms with Crippen LogP contribution in [0.3, 0.4) is 0 Å². The molecular formula is C8H10F2N2O2. The average molecular weight is 204 g/mol. The van der Waals surface area contributed by atoms with Crippen LogP contribution in [0, 0.1) is 0 Å². The Morgan fingerprint density at radius 1 is 1.64 bits per heavy atom. The number of methoxy groups -OCH3 is 1. The maximum atomic E-state index is 12.4. The highest BCUT2D eigenvalue weighted by Crippen LogP contribution is 2.31. The first-order valence-corrected chi connectivity index (χ1v) is 3.82. The molecular weight excluding hydrogens is 194 g/mol. The van der Waals surface area contributed by atoms with Gasteiger partial charge in [-0.25, -0.2) is 13.8 Å². The Morgan fingerprint density at radius 3 is 2.71 bits per heavy atom. The van der Waals surface area contributed by atoms with Crippen molar-refractivity contribution < 1.29 is 18.6 Å². The monoisotopic (exact) mass is 204 g/mol. The van der Waals surface area contributed by atoms with Crippen molar-refractivity contribution in [2.24, 2.45) is 0 Å². The van der Waals surface area contributed by atoms with E-state index in [0.717, 1.165) is 0 Å². The molecule has 0 aliphatic carbocycles. The van der Waals surface area contributed by atoms with Crippen LogP contribution in [-0.4, -0.2) is 17.2 Å². The largest absolute Gasteiger partial charge is 0.494 e. The summed E-state index contributed by atoms with van der Waals surface area (Å²) in [5.41, 5.74) is 4.94. The number of aromatic nitrogens is 1. The van der Waals surface area contributed by atoms with Crippen LogP contribution in [0.25, 0.3) is 0 Å². The van der Waals surface area contributed by atoms with Crippen LogP contribution >= 0.6 is 0 Å². The summed E-state index contributed by atoms with van der Waals surface area (Å²) < 4.78 is 29.6. The SMILES string of the molecule is COc1c(CO)cc(N)nc1C(F)F. The molecule has 0 atom stereocenters. The number of ether oxygens (including phenoxy) is 1. The Kier molecular flexibility index (Phi) is 3.19. The second-order valence-corrected chi connectivity index (χ2v) is 2.58. The quantitative estimate of drug-likeness (QED) is 0.773. The highest BCUT2D eigenvalue weighted by molar-refractivity contribution is 5.45. The molecule has 3 N–H and O–H groups in total. The molecule has 0 aliphatic rings. The van der Waals surface area contributed by atoms with Gasteiger partial charge in [0.2, 0.25) is 0 Å². The Morgan fingerprint density at radius 2 is 2.29 bits per heavy atom. The van der Waals surface area contributed by atoms with Crippen molar-refractivity contribution in [3.8, 4) is 5.75 Å². The third-order valence-corrected chi connectivity index (χ3v) is 1.68. The van der Waals surface area contributed by atoms with Crippen molar-refractivity contribution in [1.82, 2.24) is 4.98 Å². The highest BCUT2D eigenvalue weighted by atomic mass is 19.3. The number of nitrogen functional groups attached to an aromatic ring is 1. The van der Waals surface area contributed by atoms with Crippen molar-refractivity contribution >= 4 is 5.82 Å². The number of aliphatic hydroxyl groups excluding tert-OH is 1. The van der Waals surface area contributed by atoms with Crippen LogP contribution in [0.4, 0.5) is 14.6 Å². The van der Waals surface area contributed by atoms with Gasteiger partial charge in [-0.2, -0.15) is 0 Å². The minimum absolute atomic E-state index is 0.0647. The van der Waals surface area contributed by atoms with Gasteiger partial charge < -0.3 is 15.6 Å². The Labute approximate surface area is 79.3 Å². The van der Waals surface area contributed by atoms with Gasteiger partial charge in [0.1, 0.15) is 5.82 Å². The zero-order valence-corrected chi connectivity index (χ0v) is 7.50. The van der Waals surface area contributed by atoms with Crippen LogP contribution < -0.4 is 10.5 Å². The molecule has 0 aromatic carbocycles. The average Bonchev–Trinajstić information content (AvgIpc) is 2.16. The van der Waals surface area contributed by atoms with E-state index in [9.17, 15) is 8.78 Å². The molecule has 0 amide bonds. The molecule has 1 aromatic rings. The second kappa shape index (κ2) is 4.19. The lowest BCUT2D eigenvalue weighted by Gasteiger charge is -2.11. The van der Waals surface area contributed by atoms with E-state index < -0.39 is 18.7 Å². The summed E-state index contributed by atoms with van der Waals surface area (Å²) in [5, 5.41) is 8.87. The third-order valence-electron chi connectivity index (χ3n) is 1.68. The fraction of sp³-hybridized carbons (Fsp3) is 0.375. The summed E-state index contributed by atoms with van der Waals surface area (Å²) in [7, 11) is 1.23. The van der Waals surface area contributed by atoms with E-state index >= 15 is 0 Å². The van der Waals surface area contributed by atoms with E-state index in [0.29, 0.717) is 0 Å². The van der Waals surface area contributed by atoms with E-state index in [-0.39, 0.29) is 17.1 Å². The molecule has 0 spiro atoms. The summed E-state index contributed by atoms with van der Waals surface area (Å²) >= 11 is 0. The van der Waals surface area contributed by atoms with Gasteiger partial charge in [-0.05, 0) is 6.07 Å². The molecule has 1 aromatic heterocycles. The smallest absolute Gasteiger partial charge is 0.284 e. The normalized spacial score (nSPS) is 10.6. The number of alkyl halides is 2. The first kappa shape index (κ1) is 10.6. The molecule has 0 aliphatic heterocycles. The number of pyridine rings is 1. The number of halogens is 2. The summed E-state index contributed by atoms with van der Waals surface area (Å²) in [6.07, 6.45) is -2.78. The number of nitrogens with two attached hydrogens (primary N) is 1. The fourth-order valence-corrected chi connectivity index (χ4v) is 1.13. The lowest BCUT2D eigenvalue weighted by molar-refractivity contribution is 0.140. The number of aliphatic hydroxyl groups is 1. The second-order valence-electron chi connectivity index (χ2n) is 2.58. The van der Waals surface area contributed by atoms with Gasteiger partial charge in [0.25, 0.3) is 6.43 Å². The molecule has 0 saturated heterocycles. The molecule has 0 bridgehead atoms. The first-order valence-electron chi connectivity index (χ1n) is 3.82. The van der Waals surface area contributed by atoms with Crippen molar-refractivity contribution in [3.05, 3.63) is 17.3 Å². The van der Waals surface area contributed by atoms with E-state index in [4.69, 9.17) is 15.6 Å². The Bertz CT molecular complexity index is 331. The third kappa shape index (κ3) is 1.90. The predicted molar refractivity (Wildman–Crippen MR) is 46.1 cm³/mol. The zero-order valence-electron chi connectivity index (χ0n) is 7.50. The molecule has 78 valence electrons. The van der Waals surface area contributed by atoms with Crippen LogP contribution in [-0.2, 0) is 6.61 Å². The molecule has 0 unspecified atom stereocenters. The van der Waals surface area contributed by atoms with Gasteiger partial charge in [-0.3, -0.25) is 0 Å². The highest BCUT2D eigenvalue weighted by Gasteiger charge is 2.19. The number of hydrogen-bond acceptors (Lipinski definition) is 4. The van der Waals surface area contributed by atoms with Crippen molar-refractivity contribution in [1.29, 1.82) is 0 Å². The molecule has 4 nitrogen and oxygen atoms in total.